The second kappa shape index (κ2) is 7.48. The molecule has 2 N–H and O–H groups in total. The summed E-state index contributed by atoms with van der Waals surface area (Å²) >= 11 is 6.24. The van der Waals surface area contributed by atoms with E-state index >= 15 is 0 Å². The number of hydrogen-bond acceptors (Lipinski definition) is 4. The number of hydrogen-bond donors (Lipinski definition) is 2. The minimum atomic E-state index is -0.140. The van der Waals surface area contributed by atoms with Gasteiger partial charge in [0.2, 0.25) is 5.91 Å². The average Bonchev–Trinajstić information content (AvgIpc) is 2.67. The molecule has 0 radical (unpaired) electrons. The third kappa shape index (κ3) is 3.85. The summed E-state index contributed by atoms with van der Waals surface area (Å²) in [6.45, 7) is 1.47. The van der Waals surface area contributed by atoms with E-state index in [1.165, 1.54) is 0 Å². The van der Waals surface area contributed by atoms with Gasteiger partial charge in [0.05, 0.1) is 5.02 Å². The number of nitrogens with one attached hydrogen (secondary N) is 2. The number of carbonyl (C=O) groups excluding carboxylic acids is 2. The van der Waals surface area contributed by atoms with Gasteiger partial charge >= 0.3 is 0 Å². The van der Waals surface area contributed by atoms with Crippen LogP contribution < -0.4 is 20.1 Å². The monoisotopic (exact) mass is 386 g/mol. The van der Waals surface area contributed by atoms with Gasteiger partial charge in [0.25, 0.3) is 5.91 Å². The summed E-state index contributed by atoms with van der Waals surface area (Å²) in [5.41, 5.74) is 3.33. The quantitative estimate of drug-likeness (QED) is 0.847. The number of benzene rings is 2. The van der Waals surface area contributed by atoms with Crippen molar-refractivity contribution in [2.24, 2.45) is 0 Å². The summed E-state index contributed by atoms with van der Waals surface area (Å²) in [6, 6.07) is 9.07. The number of anilines is 1. The summed E-state index contributed by atoms with van der Waals surface area (Å²) in [6.07, 6.45) is 1.73. The predicted octanol–water partition coefficient (Wildman–Crippen LogP) is 2.97. The summed E-state index contributed by atoms with van der Waals surface area (Å²) in [4.78, 5) is 23.8. The highest BCUT2D eigenvalue weighted by Crippen LogP contribution is 2.38. The van der Waals surface area contributed by atoms with Gasteiger partial charge in [0, 0.05) is 24.2 Å². The zero-order valence-corrected chi connectivity index (χ0v) is 15.4. The van der Waals surface area contributed by atoms with E-state index in [0.717, 1.165) is 16.8 Å². The molecule has 27 heavy (non-hydrogen) atoms. The van der Waals surface area contributed by atoms with Crippen molar-refractivity contribution in [2.75, 3.05) is 25.1 Å². The van der Waals surface area contributed by atoms with Crippen molar-refractivity contribution < 1.29 is 19.1 Å². The normalized spacial score (nSPS) is 14.9. The van der Waals surface area contributed by atoms with Crippen molar-refractivity contribution in [3.8, 4) is 11.5 Å². The number of aryl methyl sites for hydroxylation is 1. The van der Waals surface area contributed by atoms with Crippen molar-refractivity contribution in [1.82, 2.24) is 5.32 Å². The van der Waals surface area contributed by atoms with Crippen LogP contribution in [0.2, 0.25) is 5.02 Å². The molecule has 0 spiro atoms. The molecule has 0 aliphatic carbocycles. The van der Waals surface area contributed by atoms with Crippen LogP contribution in [0, 0.1) is 0 Å². The van der Waals surface area contributed by atoms with Crippen LogP contribution >= 0.6 is 11.6 Å². The van der Waals surface area contributed by atoms with E-state index in [-0.39, 0.29) is 11.8 Å². The predicted molar refractivity (Wildman–Crippen MR) is 102 cm³/mol. The van der Waals surface area contributed by atoms with Gasteiger partial charge in [0.15, 0.2) is 11.5 Å². The lowest BCUT2D eigenvalue weighted by Crippen LogP contribution is -2.26. The SMILES string of the molecule is O=C1CCc2cc(C(=O)NCCc3cc(Cl)c4c(c3)OCCO4)ccc2N1. The van der Waals surface area contributed by atoms with Crippen LogP contribution in [-0.2, 0) is 17.6 Å². The molecule has 2 amide bonds. The lowest BCUT2D eigenvalue weighted by atomic mass is 10.00. The van der Waals surface area contributed by atoms with Crippen molar-refractivity contribution >= 4 is 29.1 Å². The van der Waals surface area contributed by atoms with E-state index in [0.29, 0.717) is 61.1 Å². The van der Waals surface area contributed by atoms with Gasteiger partial charge in [-0.05, 0) is 54.3 Å². The first-order chi connectivity index (χ1) is 13.1. The van der Waals surface area contributed by atoms with Crippen molar-refractivity contribution in [3.63, 3.8) is 0 Å². The van der Waals surface area contributed by atoms with Crippen LogP contribution in [0.15, 0.2) is 30.3 Å². The number of fused-ring (bicyclic) bond motifs is 2. The molecule has 0 atom stereocenters. The van der Waals surface area contributed by atoms with Crippen molar-refractivity contribution in [1.29, 1.82) is 0 Å². The second-order valence-electron chi connectivity index (χ2n) is 6.53. The highest BCUT2D eigenvalue weighted by Gasteiger charge is 2.18. The Labute approximate surface area is 161 Å². The molecular weight excluding hydrogens is 368 g/mol. The van der Waals surface area contributed by atoms with E-state index in [9.17, 15) is 9.59 Å². The lowest BCUT2D eigenvalue weighted by Gasteiger charge is -2.20. The molecule has 2 aliphatic rings. The van der Waals surface area contributed by atoms with Crippen LogP contribution in [0.25, 0.3) is 0 Å². The Morgan fingerprint density at radius 2 is 2.00 bits per heavy atom. The molecule has 0 fully saturated rings. The average molecular weight is 387 g/mol. The number of ether oxygens (including phenoxy) is 2. The Bertz CT molecular complexity index is 913. The van der Waals surface area contributed by atoms with Gasteiger partial charge < -0.3 is 20.1 Å². The molecule has 2 aromatic carbocycles. The highest BCUT2D eigenvalue weighted by atomic mass is 35.5. The topological polar surface area (TPSA) is 76.7 Å². The Morgan fingerprint density at radius 1 is 1.15 bits per heavy atom. The lowest BCUT2D eigenvalue weighted by molar-refractivity contribution is -0.116. The molecule has 0 saturated heterocycles. The number of amides is 2. The maximum Gasteiger partial charge on any atom is 0.251 e. The summed E-state index contributed by atoms with van der Waals surface area (Å²) in [5.74, 6) is 1.10. The van der Waals surface area contributed by atoms with E-state index in [4.69, 9.17) is 21.1 Å². The molecule has 140 valence electrons. The minimum Gasteiger partial charge on any atom is -0.486 e. The van der Waals surface area contributed by atoms with Crippen LogP contribution in [0.5, 0.6) is 11.5 Å². The highest BCUT2D eigenvalue weighted by molar-refractivity contribution is 6.32. The molecule has 2 heterocycles. The van der Waals surface area contributed by atoms with Gasteiger partial charge in [-0.2, -0.15) is 0 Å². The van der Waals surface area contributed by atoms with Crippen LogP contribution in [0.1, 0.15) is 27.9 Å². The molecule has 2 aromatic rings. The number of carbonyl (C=O) groups is 2. The minimum absolute atomic E-state index is 0.0118. The fourth-order valence-electron chi connectivity index (χ4n) is 3.26. The van der Waals surface area contributed by atoms with Gasteiger partial charge in [0.1, 0.15) is 13.2 Å². The van der Waals surface area contributed by atoms with E-state index in [1.54, 1.807) is 12.1 Å². The first-order valence-electron chi connectivity index (χ1n) is 8.89. The van der Waals surface area contributed by atoms with Gasteiger partial charge in [-0.15, -0.1) is 0 Å². The molecule has 0 bridgehead atoms. The molecule has 0 saturated carbocycles. The van der Waals surface area contributed by atoms with Crippen molar-refractivity contribution in [2.45, 2.75) is 19.3 Å². The fraction of sp³-hybridized carbons (Fsp3) is 0.300. The van der Waals surface area contributed by atoms with E-state index in [2.05, 4.69) is 10.6 Å². The fourth-order valence-corrected chi connectivity index (χ4v) is 3.54. The smallest absolute Gasteiger partial charge is 0.251 e. The molecule has 7 heteroatoms. The number of halogens is 1. The Morgan fingerprint density at radius 3 is 2.89 bits per heavy atom. The summed E-state index contributed by atoms with van der Waals surface area (Å²) in [5, 5.41) is 6.26. The zero-order valence-electron chi connectivity index (χ0n) is 14.6. The van der Waals surface area contributed by atoms with Crippen LogP contribution in [0.3, 0.4) is 0 Å². The van der Waals surface area contributed by atoms with Gasteiger partial charge in [-0.3, -0.25) is 9.59 Å². The largest absolute Gasteiger partial charge is 0.486 e. The molecule has 2 aliphatic heterocycles. The standard InChI is InChI=1S/C20H19ClN2O4/c21-15-9-12(10-17-19(15)27-8-7-26-17)5-6-22-20(25)14-1-3-16-13(11-14)2-4-18(24)23-16/h1,3,9-11H,2,4-8H2,(H,22,25)(H,23,24). The summed E-state index contributed by atoms with van der Waals surface area (Å²) in [7, 11) is 0. The maximum atomic E-state index is 12.4. The Kier molecular flexibility index (Phi) is 4.90. The molecule has 0 unspecified atom stereocenters. The van der Waals surface area contributed by atoms with E-state index in [1.807, 2.05) is 18.2 Å². The third-order valence-electron chi connectivity index (χ3n) is 4.62. The first kappa shape index (κ1) is 17.7. The van der Waals surface area contributed by atoms with Crippen LogP contribution in [0.4, 0.5) is 5.69 Å². The number of rotatable bonds is 4. The summed E-state index contributed by atoms with van der Waals surface area (Å²) < 4.78 is 11.1. The zero-order chi connectivity index (χ0) is 18.8. The molecule has 0 aromatic heterocycles. The molecule has 4 rings (SSSR count). The molecular formula is C20H19ClN2O4. The van der Waals surface area contributed by atoms with Gasteiger partial charge in [-0.1, -0.05) is 11.6 Å². The van der Waals surface area contributed by atoms with Gasteiger partial charge in [-0.25, -0.2) is 0 Å². The molecule has 6 nitrogen and oxygen atoms in total. The third-order valence-corrected chi connectivity index (χ3v) is 4.90. The maximum absolute atomic E-state index is 12.4. The van der Waals surface area contributed by atoms with E-state index < -0.39 is 0 Å². The van der Waals surface area contributed by atoms with Crippen LogP contribution in [-0.4, -0.2) is 31.6 Å². The van der Waals surface area contributed by atoms with Crippen molar-refractivity contribution in [3.05, 3.63) is 52.0 Å². The Hall–Kier alpha value is -2.73. The second-order valence-corrected chi connectivity index (χ2v) is 6.94. The first-order valence-corrected chi connectivity index (χ1v) is 9.27. The Balaban J connectivity index is 1.37.